The summed E-state index contributed by atoms with van der Waals surface area (Å²) in [6.45, 7) is 3.93. The van der Waals surface area contributed by atoms with Gasteiger partial charge in [0.15, 0.2) is 0 Å². The molecular formula is C20H24N2O4. The fourth-order valence-corrected chi connectivity index (χ4v) is 2.79. The molecule has 0 bridgehead atoms. The van der Waals surface area contributed by atoms with Crippen molar-refractivity contribution >= 4 is 11.9 Å². The Morgan fingerprint density at radius 2 is 1.73 bits per heavy atom. The third kappa shape index (κ3) is 5.39. The first-order chi connectivity index (χ1) is 12.4. The number of rotatable bonds is 9. The number of pyridine rings is 1. The summed E-state index contributed by atoms with van der Waals surface area (Å²) < 4.78 is 0. The molecule has 0 fully saturated rings. The number of hydrogen-bond donors (Lipinski definition) is 3. The number of aromatic nitrogens is 1. The van der Waals surface area contributed by atoms with Crippen LogP contribution in [0.15, 0.2) is 48.8 Å². The van der Waals surface area contributed by atoms with E-state index < -0.39 is 23.9 Å². The number of hydrogen-bond acceptors (Lipinski definition) is 4. The van der Waals surface area contributed by atoms with Gasteiger partial charge < -0.3 is 15.5 Å². The van der Waals surface area contributed by atoms with E-state index in [2.05, 4.69) is 10.3 Å². The lowest BCUT2D eigenvalue weighted by Gasteiger charge is -2.20. The maximum Gasteiger partial charge on any atom is 0.320 e. The molecule has 0 aliphatic carbocycles. The van der Waals surface area contributed by atoms with E-state index in [4.69, 9.17) is 0 Å². The van der Waals surface area contributed by atoms with Gasteiger partial charge in [-0.3, -0.25) is 14.6 Å². The second kappa shape index (κ2) is 9.10. The van der Waals surface area contributed by atoms with Crippen molar-refractivity contribution in [1.29, 1.82) is 0 Å². The van der Waals surface area contributed by atoms with Crippen LogP contribution in [-0.2, 0) is 9.59 Å². The predicted octanol–water partition coefficient (Wildman–Crippen LogP) is 3.01. The van der Waals surface area contributed by atoms with E-state index in [0.29, 0.717) is 12.0 Å². The average molecular weight is 356 g/mol. The Bertz CT molecular complexity index is 729. The van der Waals surface area contributed by atoms with E-state index in [1.54, 1.807) is 24.5 Å². The third-order valence-corrected chi connectivity index (χ3v) is 4.18. The molecule has 1 heterocycles. The zero-order valence-electron chi connectivity index (χ0n) is 14.9. The number of carboxylic acids is 2. The van der Waals surface area contributed by atoms with Gasteiger partial charge in [-0.2, -0.15) is 0 Å². The molecule has 0 aliphatic rings. The summed E-state index contributed by atoms with van der Waals surface area (Å²) >= 11 is 0. The van der Waals surface area contributed by atoms with Crippen LogP contribution in [0.3, 0.4) is 0 Å². The van der Waals surface area contributed by atoms with Gasteiger partial charge >= 0.3 is 11.9 Å². The fourth-order valence-electron chi connectivity index (χ4n) is 2.79. The molecule has 2 aromatic rings. The SMILES string of the molecule is CC(C)CC(NCC(C(=O)O)c1ccc(-c2cccnc2)cc1)C(=O)O. The molecule has 138 valence electrons. The smallest absolute Gasteiger partial charge is 0.320 e. The van der Waals surface area contributed by atoms with Crippen LogP contribution in [0.4, 0.5) is 0 Å². The molecule has 6 nitrogen and oxygen atoms in total. The van der Waals surface area contributed by atoms with Crippen LogP contribution < -0.4 is 5.32 Å². The van der Waals surface area contributed by atoms with Gasteiger partial charge in [-0.1, -0.05) is 44.2 Å². The van der Waals surface area contributed by atoms with Crippen molar-refractivity contribution in [1.82, 2.24) is 10.3 Å². The Hall–Kier alpha value is -2.73. The van der Waals surface area contributed by atoms with Crippen LogP contribution in [0.2, 0.25) is 0 Å². The molecule has 0 saturated carbocycles. The summed E-state index contributed by atoms with van der Waals surface area (Å²) in [6, 6.07) is 10.2. The average Bonchev–Trinajstić information content (AvgIpc) is 2.61. The molecular weight excluding hydrogens is 332 g/mol. The zero-order valence-corrected chi connectivity index (χ0v) is 14.9. The van der Waals surface area contributed by atoms with E-state index >= 15 is 0 Å². The summed E-state index contributed by atoms with van der Waals surface area (Å²) in [5, 5.41) is 21.7. The van der Waals surface area contributed by atoms with Gasteiger partial charge in [0.2, 0.25) is 0 Å². The van der Waals surface area contributed by atoms with Crippen LogP contribution in [0.1, 0.15) is 31.7 Å². The highest BCUT2D eigenvalue weighted by Gasteiger charge is 2.24. The van der Waals surface area contributed by atoms with Gasteiger partial charge in [0, 0.05) is 18.9 Å². The minimum Gasteiger partial charge on any atom is -0.481 e. The van der Waals surface area contributed by atoms with Crippen LogP contribution >= 0.6 is 0 Å². The van der Waals surface area contributed by atoms with Gasteiger partial charge in [-0.25, -0.2) is 0 Å². The molecule has 0 aliphatic heterocycles. The van der Waals surface area contributed by atoms with Crippen molar-refractivity contribution in [3.63, 3.8) is 0 Å². The van der Waals surface area contributed by atoms with Crippen LogP contribution in [0, 0.1) is 5.92 Å². The minimum atomic E-state index is -0.986. The molecule has 1 aromatic heterocycles. The van der Waals surface area contributed by atoms with Gasteiger partial charge in [0.25, 0.3) is 0 Å². The van der Waals surface area contributed by atoms with Gasteiger partial charge in [0.1, 0.15) is 6.04 Å². The normalized spacial score (nSPS) is 13.3. The molecule has 2 unspecified atom stereocenters. The van der Waals surface area contributed by atoms with E-state index in [0.717, 1.165) is 11.1 Å². The molecule has 26 heavy (non-hydrogen) atoms. The lowest BCUT2D eigenvalue weighted by molar-refractivity contribution is -0.142. The van der Waals surface area contributed by atoms with E-state index in [1.807, 2.05) is 38.1 Å². The quantitative estimate of drug-likeness (QED) is 0.639. The number of nitrogens with zero attached hydrogens (tertiary/aromatic N) is 1. The van der Waals surface area contributed by atoms with Crippen molar-refractivity contribution in [3.05, 3.63) is 54.4 Å². The predicted molar refractivity (Wildman–Crippen MR) is 98.9 cm³/mol. The standard InChI is InChI=1S/C20H24N2O4/c1-13(2)10-18(20(25)26)22-12-17(19(23)24)15-7-5-14(6-8-15)16-4-3-9-21-11-16/h3-9,11,13,17-18,22H,10,12H2,1-2H3,(H,23,24)(H,25,26). The molecule has 2 atom stereocenters. The van der Waals surface area contributed by atoms with E-state index in [-0.39, 0.29) is 12.5 Å². The number of benzene rings is 1. The molecule has 1 aromatic carbocycles. The maximum absolute atomic E-state index is 11.7. The summed E-state index contributed by atoms with van der Waals surface area (Å²) in [5.41, 5.74) is 2.53. The molecule has 0 amide bonds. The lowest BCUT2D eigenvalue weighted by Crippen LogP contribution is -2.41. The molecule has 0 spiro atoms. The van der Waals surface area contributed by atoms with Gasteiger partial charge in [0.05, 0.1) is 5.92 Å². The second-order valence-corrected chi connectivity index (χ2v) is 6.68. The van der Waals surface area contributed by atoms with Crippen LogP contribution in [-0.4, -0.2) is 39.7 Å². The van der Waals surface area contributed by atoms with Crippen LogP contribution in [0.25, 0.3) is 11.1 Å². The minimum absolute atomic E-state index is 0.0608. The first kappa shape index (κ1) is 19.6. The number of carbonyl (C=O) groups is 2. The van der Waals surface area contributed by atoms with E-state index in [1.165, 1.54) is 0 Å². The summed E-state index contributed by atoms with van der Waals surface area (Å²) in [5.74, 6) is -2.56. The Morgan fingerprint density at radius 3 is 2.23 bits per heavy atom. The number of carboxylic acid groups (broad SMARTS) is 2. The summed E-state index contributed by atoms with van der Waals surface area (Å²) in [6.07, 6.45) is 3.89. The Labute approximate surface area is 152 Å². The number of aliphatic carboxylic acids is 2. The van der Waals surface area contributed by atoms with Gasteiger partial charge in [-0.05, 0) is 35.1 Å². The monoisotopic (exact) mass is 356 g/mol. The fraction of sp³-hybridized carbons (Fsp3) is 0.350. The lowest BCUT2D eigenvalue weighted by atomic mass is 9.95. The summed E-state index contributed by atoms with van der Waals surface area (Å²) in [7, 11) is 0. The highest BCUT2D eigenvalue weighted by molar-refractivity contribution is 5.77. The van der Waals surface area contributed by atoms with Crippen molar-refractivity contribution in [2.45, 2.75) is 32.2 Å². The first-order valence-corrected chi connectivity index (χ1v) is 8.57. The Kier molecular flexibility index (Phi) is 6.86. The topological polar surface area (TPSA) is 99.5 Å². The second-order valence-electron chi connectivity index (χ2n) is 6.68. The summed E-state index contributed by atoms with van der Waals surface area (Å²) in [4.78, 5) is 27.1. The molecule has 2 rings (SSSR count). The Morgan fingerprint density at radius 1 is 1.04 bits per heavy atom. The number of nitrogens with one attached hydrogen (secondary N) is 1. The Balaban J connectivity index is 2.11. The largest absolute Gasteiger partial charge is 0.481 e. The molecule has 6 heteroatoms. The highest BCUT2D eigenvalue weighted by atomic mass is 16.4. The van der Waals surface area contributed by atoms with Crippen molar-refractivity contribution in [2.75, 3.05) is 6.54 Å². The van der Waals surface area contributed by atoms with E-state index in [9.17, 15) is 19.8 Å². The third-order valence-electron chi connectivity index (χ3n) is 4.18. The highest BCUT2D eigenvalue weighted by Crippen LogP contribution is 2.22. The molecule has 0 radical (unpaired) electrons. The van der Waals surface area contributed by atoms with Crippen molar-refractivity contribution in [3.8, 4) is 11.1 Å². The first-order valence-electron chi connectivity index (χ1n) is 8.57. The van der Waals surface area contributed by atoms with Gasteiger partial charge in [-0.15, -0.1) is 0 Å². The maximum atomic E-state index is 11.7. The van der Waals surface area contributed by atoms with Crippen molar-refractivity contribution < 1.29 is 19.8 Å². The molecule has 0 saturated heterocycles. The molecule has 3 N–H and O–H groups in total. The van der Waals surface area contributed by atoms with Crippen molar-refractivity contribution in [2.24, 2.45) is 5.92 Å². The van der Waals surface area contributed by atoms with Crippen LogP contribution in [0.5, 0.6) is 0 Å². The zero-order chi connectivity index (χ0) is 19.1.